The van der Waals surface area contributed by atoms with Crippen LogP contribution in [0.15, 0.2) is 83.8 Å². The number of nitrogens with one attached hydrogen (secondary N) is 2. The number of hydrogen-bond donors (Lipinski definition) is 3. The zero-order valence-electron chi connectivity index (χ0n) is 17.1. The highest BCUT2D eigenvalue weighted by atomic mass is 32.2. The van der Waals surface area contributed by atoms with Crippen LogP contribution < -0.4 is 20.5 Å². The second-order valence-corrected chi connectivity index (χ2v) is 8.35. The fourth-order valence-corrected chi connectivity index (χ4v) is 3.76. The van der Waals surface area contributed by atoms with Gasteiger partial charge in [0.15, 0.2) is 0 Å². The molecule has 3 aromatic carbocycles. The van der Waals surface area contributed by atoms with E-state index >= 15 is 0 Å². The number of benzene rings is 3. The fourth-order valence-electron chi connectivity index (χ4n) is 2.70. The van der Waals surface area contributed by atoms with Crippen LogP contribution in [0.25, 0.3) is 6.08 Å². The molecule has 32 heavy (non-hydrogen) atoms. The summed E-state index contributed by atoms with van der Waals surface area (Å²) in [6, 6.07) is 18.8. The van der Waals surface area contributed by atoms with Crippen LogP contribution in [0.1, 0.15) is 15.9 Å². The standard InChI is InChI=1S/C23H21N3O5S/c1-31-20-11-9-19(10-12-20)26-32(29,30)21-13-2-16(3-14-21)4-15-22(27)25-18-7-5-17(6-8-18)23(24)28/h2-15,26H,1H3,(H2,24,28)(H,25,27)/b15-4+. The Balaban J connectivity index is 1.62. The van der Waals surface area contributed by atoms with Crippen LogP contribution in [-0.4, -0.2) is 27.3 Å². The van der Waals surface area contributed by atoms with E-state index in [1.807, 2.05) is 0 Å². The highest BCUT2D eigenvalue weighted by molar-refractivity contribution is 7.92. The molecule has 3 rings (SSSR count). The lowest BCUT2D eigenvalue weighted by Gasteiger charge is -2.09. The molecule has 4 N–H and O–H groups in total. The molecule has 0 aromatic heterocycles. The van der Waals surface area contributed by atoms with E-state index in [9.17, 15) is 18.0 Å². The van der Waals surface area contributed by atoms with E-state index in [1.54, 1.807) is 54.6 Å². The number of ether oxygens (including phenoxy) is 1. The molecule has 0 unspecified atom stereocenters. The molecular formula is C23H21N3O5S. The molecular weight excluding hydrogens is 430 g/mol. The molecule has 3 aromatic rings. The van der Waals surface area contributed by atoms with Gasteiger partial charge >= 0.3 is 0 Å². The van der Waals surface area contributed by atoms with Gasteiger partial charge in [-0.1, -0.05) is 12.1 Å². The first-order chi connectivity index (χ1) is 15.3. The van der Waals surface area contributed by atoms with E-state index in [-0.39, 0.29) is 10.8 Å². The SMILES string of the molecule is COc1ccc(NS(=O)(=O)c2ccc(/C=C/C(=O)Nc3ccc(C(N)=O)cc3)cc2)cc1. The van der Waals surface area contributed by atoms with Gasteiger partial charge in [0.25, 0.3) is 10.0 Å². The number of carbonyl (C=O) groups excluding carboxylic acids is 2. The van der Waals surface area contributed by atoms with E-state index in [0.717, 1.165) is 0 Å². The van der Waals surface area contributed by atoms with Gasteiger partial charge in [-0.15, -0.1) is 0 Å². The summed E-state index contributed by atoms with van der Waals surface area (Å²) in [5.74, 6) is -0.307. The molecule has 0 atom stereocenters. The van der Waals surface area contributed by atoms with Crippen molar-refractivity contribution in [1.29, 1.82) is 0 Å². The van der Waals surface area contributed by atoms with Crippen LogP contribution in [0.2, 0.25) is 0 Å². The predicted molar refractivity (Wildman–Crippen MR) is 123 cm³/mol. The van der Waals surface area contributed by atoms with Gasteiger partial charge in [-0.05, 0) is 72.3 Å². The van der Waals surface area contributed by atoms with E-state index in [0.29, 0.717) is 28.3 Å². The molecule has 0 saturated carbocycles. The van der Waals surface area contributed by atoms with Crippen molar-refractivity contribution in [2.24, 2.45) is 5.73 Å². The Morgan fingerprint density at radius 1 is 0.875 bits per heavy atom. The first-order valence-corrected chi connectivity index (χ1v) is 10.9. The molecule has 2 amide bonds. The quantitative estimate of drug-likeness (QED) is 0.453. The molecule has 0 spiro atoms. The molecule has 0 heterocycles. The minimum absolute atomic E-state index is 0.0875. The molecule has 164 valence electrons. The van der Waals surface area contributed by atoms with Gasteiger partial charge in [-0.25, -0.2) is 8.42 Å². The van der Waals surface area contributed by atoms with Crippen molar-refractivity contribution in [3.8, 4) is 5.75 Å². The van der Waals surface area contributed by atoms with Crippen LogP contribution in [0.5, 0.6) is 5.75 Å². The number of amides is 2. The van der Waals surface area contributed by atoms with Crippen molar-refractivity contribution >= 4 is 39.3 Å². The summed E-state index contributed by atoms with van der Waals surface area (Å²) in [6.07, 6.45) is 2.88. The summed E-state index contributed by atoms with van der Waals surface area (Å²) in [6.45, 7) is 0. The van der Waals surface area contributed by atoms with Gasteiger partial charge < -0.3 is 15.8 Å². The zero-order valence-corrected chi connectivity index (χ0v) is 17.9. The van der Waals surface area contributed by atoms with Crippen molar-refractivity contribution < 1.29 is 22.7 Å². The van der Waals surface area contributed by atoms with E-state index < -0.39 is 15.9 Å². The number of rotatable bonds is 8. The molecule has 0 aliphatic carbocycles. The molecule has 0 saturated heterocycles. The number of sulfonamides is 1. The number of methoxy groups -OCH3 is 1. The summed E-state index contributed by atoms with van der Waals surface area (Å²) < 4.78 is 32.7. The Morgan fingerprint density at radius 3 is 2.03 bits per heavy atom. The lowest BCUT2D eigenvalue weighted by atomic mass is 10.2. The Kier molecular flexibility index (Phi) is 6.91. The predicted octanol–water partition coefficient (Wildman–Crippen LogP) is 3.25. The Morgan fingerprint density at radius 2 is 1.47 bits per heavy atom. The van der Waals surface area contributed by atoms with Crippen molar-refractivity contribution in [3.63, 3.8) is 0 Å². The third-order valence-corrected chi connectivity index (χ3v) is 5.79. The normalized spacial score (nSPS) is 11.2. The first kappa shape index (κ1) is 22.6. The minimum atomic E-state index is -3.76. The van der Waals surface area contributed by atoms with Gasteiger partial charge in [0, 0.05) is 23.0 Å². The Hall–Kier alpha value is -4.11. The molecule has 0 radical (unpaired) electrons. The maximum absolute atomic E-state index is 12.5. The second kappa shape index (κ2) is 9.80. The number of anilines is 2. The average Bonchev–Trinajstić information content (AvgIpc) is 2.78. The summed E-state index contributed by atoms with van der Waals surface area (Å²) in [5, 5.41) is 2.66. The van der Waals surface area contributed by atoms with E-state index in [4.69, 9.17) is 10.5 Å². The smallest absolute Gasteiger partial charge is 0.261 e. The fraction of sp³-hybridized carbons (Fsp3) is 0.0435. The van der Waals surface area contributed by atoms with Crippen molar-refractivity contribution in [2.75, 3.05) is 17.1 Å². The summed E-state index contributed by atoms with van der Waals surface area (Å²) in [7, 11) is -2.23. The van der Waals surface area contributed by atoms with Gasteiger partial charge in [0.2, 0.25) is 11.8 Å². The van der Waals surface area contributed by atoms with Crippen LogP contribution in [0.4, 0.5) is 11.4 Å². The van der Waals surface area contributed by atoms with Crippen LogP contribution in [0, 0.1) is 0 Å². The second-order valence-electron chi connectivity index (χ2n) is 6.67. The Labute approximate surface area is 185 Å². The largest absolute Gasteiger partial charge is 0.497 e. The molecule has 0 bridgehead atoms. The molecule has 9 heteroatoms. The minimum Gasteiger partial charge on any atom is -0.497 e. The van der Waals surface area contributed by atoms with Gasteiger partial charge in [0.05, 0.1) is 12.0 Å². The summed E-state index contributed by atoms with van der Waals surface area (Å²) in [5.41, 5.74) is 7.09. The molecule has 0 aliphatic heterocycles. The van der Waals surface area contributed by atoms with E-state index in [1.165, 1.54) is 37.5 Å². The third kappa shape index (κ3) is 5.96. The van der Waals surface area contributed by atoms with Gasteiger partial charge in [-0.3, -0.25) is 14.3 Å². The molecule has 0 fully saturated rings. The highest BCUT2D eigenvalue weighted by Crippen LogP contribution is 2.20. The third-order valence-electron chi connectivity index (χ3n) is 4.40. The Bertz CT molecular complexity index is 1230. The maximum Gasteiger partial charge on any atom is 0.261 e. The number of primary amides is 1. The number of hydrogen-bond acceptors (Lipinski definition) is 5. The zero-order chi connectivity index (χ0) is 23.1. The maximum atomic E-state index is 12.5. The topological polar surface area (TPSA) is 128 Å². The van der Waals surface area contributed by atoms with Crippen LogP contribution >= 0.6 is 0 Å². The lowest BCUT2D eigenvalue weighted by Crippen LogP contribution is -2.12. The van der Waals surface area contributed by atoms with E-state index in [2.05, 4.69) is 10.0 Å². The number of nitrogens with two attached hydrogens (primary N) is 1. The molecule has 0 aliphatic rings. The van der Waals surface area contributed by atoms with Gasteiger partial charge in [-0.2, -0.15) is 0 Å². The summed E-state index contributed by atoms with van der Waals surface area (Å²) >= 11 is 0. The van der Waals surface area contributed by atoms with Crippen molar-refractivity contribution in [1.82, 2.24) is 0 Å². The van der Waals surface area contributed by atoms with Crippen molar-refractivity contribution in [2.45, 2.75) is 4.90 Å². The summed E-state index contributed by atoms with van der Waals surface area (Å²) in [4.78, 5) is 23.2. The highest BCUT2D eigenvalue weighted by Gasteiger charge is 2.14. The monoisotopic (exact) mass is 451 g/mol. The average molecular weight is 452 g/mol. The number of carbonyl (C=O) groups is 2. The first-order valence-electron chi connectivity index (χ1n) is 9.43. The van der Waals surface area contributed by atoms with Gasteiger partial charge in [0.1, 0.15) is 5.75 Å². The van der Waals surface area contributed by atoms with Crippen LogP contribution in [-0.2, 0) is 14.8 Å². The lowest BCUT2D eigenvalue weighted by molar-refractivity contribution is -0.111. The van der Waals surface area contributed by atoms with Crippen LogP contribution in [0.3, 0.4) is 0 Å². The molecule has 8 nitrogen and oxygen atoms in total. The van der Waals surface area contributed by atoms with Crippen molar-refractivity contribution in [3.05, 3.63) is 90.0 Å².